The van der Waals surface area contributed by atoms with Crippen LogP contribution in [0.5, 0.6) is 5.75 Å². The molecule has 0 saturated heterocycles. The number of hydrogen-bond acceptors (Lipinski definition) is 6. The van der Waals surface area contributed by atoms with Crippen molar-refractivity contribution in [2.75, 3.05) is 20.0 Å². The summed E-state index contributed by atoms with van der Waals surface area (Å²) < 4.78 is 10.9. The Kier molecular flexibility index (Phi) is 4.61. The fourth-order valence-corrected chi connectivity index (χ4v) is 2.57. The Labute approximate surface area is 145 Å². The number of methoxy groups -OCH3 is 2. The number of rotatable bonds is 4. The Morgan fingerprint density at radius 1 is 1.16 bits per heavy atom. The molecular formula is C19H18N4O2. The van der Waals surface area contributed by atoms with Crippen LogP contribution in [0.1, 0.15) is 11.3 Å². The number of aromatic nitrogens is 2. The summed E-state index contributed by atoms with van der Waals surface area (Å²) in [7, 11) is 3.20. The Bertz CT molecular complexity index is 913. The summed E-state index contributed by atoms with van der Waals surface area (Å²) in [5.41, 5.74) is 9.03. The zero-order valence-corrected chi connectivity index (χ0v) is 14.0. The lowest BCUT2D eigenvalue weighted by Gasteiger charge is -2.16. The van der Waals surface area contributed by atoms with Gasteiger partial charge in [-0.3, -0.25) is 0 Å². The van der Waals surface area contributed by atoms with E-state index in [9.17, 15) is 0 Å². The highest BCUT2D eigenvalue weighted by molar-refractivity contribution is 6.16. The first kappa shape index (κ1) is 16.4. The van der Waals surface area contributed by atoms with Crippen molar-refractivity contribution < 1.29 is 9.47 Å². The van der Waals surface area contributed by atoms with Gasteiger partial charge in [-0.15, -0.1) is 0 Å². The Hall–Kier alpha value is -3.41. The molecule has 2 aromatic rings. The van der Waals surface area contributed by atoms with E-state index < -0.39 is 0 Å². The van der Waals surface area contributed by atoms with Crippen LogP contribution in [-0.4, -0.2) is 29.9 Å². The molecule has 1 aliphatic carbocycles. The quantitative estimate of drug-likeness (QED) is 0.838. The van der Waals surface area contributed by atoms with Gasteiger partial charge >= 0.3 is 0 Å². The molecular weight excluding hydrogens is 316 g/mol. The van der Waals surface area contributed by atoms with Gasteiger partial charge in [0.25, 0.3) is 0 Å². The van der Waals surface area contributed by atoms with Gasteiger partial charge in [-0.1, -0.05) is 18.2 Å². The fraction of sp³-hybridized carbons (Fsp3) is 0.105. The van der Waals surface area contributed by atoms with E-state index in [1.807, 2.05) is 36.4 Å². The van der Waals surface area contributed by atoms with E-state index in [2.05, 4.69) is 9.97 Å². The summed E-state index contributed by atoms with van der Waals surface area (Å²) in [6.45, 7) is 0. The average molecular weight is 334 g/mol. The molecule has 0 unspecified atom stereocenters. The molecule has 0 atom stereocenters. The maximum absolute atomic E-state index is 8.26. The summed E-state index contributed by atoms with van der Waals surface area (Å²) in [6, 6.07) is 9.30. The summed E-state index contributed by atoms with van der Waals surface area (Å²) in [6.07, 6.45) is 7.01. The second kappa shape index (κ2) is 7.00. The molecule has 0 spiro atoms. The predicted molar refractivity (Wildman–Crippen MR) is 98.2 cm³/mol. The largest absolute Gasteiger partial charge is 0.497 e. The van der Waals surface area contributed by atoms with E-state index in [0.717, 1.165) is 16.9 Å². The standard InChI is InChI=1S/C19H18N4O2/c1-24-14-5-3-4-13(10-14)18(25-2)15-11-12(6-7-16(15)20)17-8-9-22-19(21)23-17/h3-11,20H,1-2H3,(H2,21,22,23)/b18-15-,20-16?. The summed E-state index contributed by atoms with van der Waals surface area (Å²) in [5.74, 6) is 1.52. The van der Waals surface area contributed by atoms with Crippen LogP contribution in [0.15, 0.2) is 60.3 Å². The molecule has 126 valence electrons. The number of nitrogen functional groups attached to an aromatic ring is 1. The van der Waals surface area contributed by atoms with Crippen LogP contribution >= 0.6 is 0 Å². The second-order valence-corrected chi connectivity index (χ2v) is 5.33. The summed E-state index contributed by atoms with van der Waals surface area (Å²) in [4.78, 5) is 8.14. The molecule has 6 nitrogen and oxygen atoms in total. The molecule has 6 heteroatoms. The molecule has 1 heterocycles. The average Bonchev–Trinajstić information content (AvgIpc) is 2.64. The molecule has 1 aromatic heterocycles. The van der Waals surface area contributed by atoms with Gasteiger partial charge in [0.15, 0.2) is 0 Å². The number of nitrogens with one attached hydrogen (secondary N) is 1. The molecule has 0 radical (unpaired) electrons. The fourth-order valence-electron chi connectivity index (χ4n) is 2.57. The van der Waals surface area contributed by atoms with Crippen molar-refractivity contribution in [2.45, 2.75) is 0 Å². The molecule has 0 bridgehead atoms. The number of allylic oxidation sites excluding steroid dienone is 5. The van der Waals surface area contributed by atoms with Gasteiger partial charge in [-0.25, -0.2) is 9.97 Å². The SMILES string of the molecule is CO/C(=C1/C=C(c2ccnc(N)n2)C=CC1=N)c1cccc(OC)c1. The molecule has 0 fully saturated rings. The lowest BCUT2D eigenvalue weighted by Crippen LogP contribution is -2.07. The number of nitrogens with two attached hydrogens (primary N) is 1. The molecule has 3 N–H and O–H groups in total. The lowest BCUT2D eigenvalue weighted by atomic mass is 9.95. The van der Waals surface area contributed by atoms with Crippen LogP contribution < -0.4 is 10.5 Å². The zero-order chi connectivity index (χ0) is 17.8. The van der Waals surface area contributed by atoms with Gasteiger partial charge in [0, 0.05) is 22.9 Å². The third-order valence-electron chi connectivity index (χ3n) is 3.77. The van der Waals surface area contributed by atoms with Gasteiger partial charge < -0.3 is 20.6 Å². The first-order chi connectivity index (χ1) is 12.1. The van der Waals surface area contributed by atoms with E-state index in [1.54, 1.807) is 32.6 Å². The summed E-state index contributed by atoms with van der Waals surface area (Å²) >= 11 is 0. The first-order valence-electron chi connectivity index (χ1n) is 7.62. The molecule has 0 saturated carbocycles. The van der Waals surface area contributed by atoms with Crippen LogP contribution in [0.4, 0.5) is 5.95 Å². The zero-order valence-electron chi connectivity index (χ0n) is 14.0. The highest BCUT2D eigenvalue weighted by Gasteiger charge is 2.17. The second-order valence-electron chi connectivity index (χ2n) is 5.33. The molecule has 1 aromatic carbocycles. The van der Waals surface area contributed by atoms with Gasteiger partial charge in [0.05, 0.1) is 25.6 Å². The van der Waals surface area contributed by atoms with Crippen molar-refractivity contribution in [3.8, 4) is 5.75 Å². The van der Waals surface area contributed by atoms with E-state index in [0.29, 0.717) is 22.7 Å². The van der Waals surface area contributed by atoms with Crippen molar-refractivity contribution in [2.24, 2.45) is 0 Å². The Morgan fingerprint density at radius 2 is 2.00 bits per heavy atom. The van der Waals surface area contributed by atoms with Crippen molar-refractivity contribution in [3.05, 3.63) is 71.6 Å². The highest BCUT2D eigenvalue weighted by atomic mass is 16.5. The van der Waals surface area contributed by atoms with E-state index in [1.165, 1.54) is 0 Å². The Morgan fingerprint density at radius 3 is 2.72 bits per heavy atom. The monoisotopic (exact) mass is 334 g/mol. The van der Waals surface area contributed by atoms with Crippen molar-refractivity contribution in [1.82, 2.24) is 9.97 Å². The molecule has 25 heavy (non-hydrogen) atoms. The third kappa shape index (κ3) is 3.42. The van der Waals surface area contributed by atoms with E-state index in [4.69, 9.17) is 20.6 Å². The number of anilines is 1. The topological polar surface area (TPSA) is 94.1 Å². The molecule has 0 aliphatic heterocycles. The molecule has 3 rings (SSSR count). The lowest BCUT2D eigenvalue weighted by molar-refractivity contribution is 0.368. The van der Waals surface area contributed by atoms with Crippen LogP contribution in [0.25, 0.3) is 11.3 Å². The Balaban J connectivity index is 2.12. The van der Waals surface area contributed by atoms with Crippen LogP contribution in [-0.2, 0) is 4.74 Å². The minimum atomic E-state index is 0.206. The predicted octanol–water partition coefficient (Wildman–Crippen LogP) is 3.10. The van der Waals surface area contributed by atoms with Crippen molar-refractivity contribution in [1.29, 1.82) is 5.41 Å². The van der Waals surface area contributed by atoms with Crippen LogP contribution in [0.3, 0.4) is 0 Å². The molecule has 1 aliphatic rings. The maximum Gasteiger partial charge on any atom is 0.220 e. The number of benzene rings is 1. The van der Waals surface area contributed by atoms with Crippen molar-refractivity contribution >= 4 is 23.0 Å². The van der Waals surface area contributed by atoms with Crippen LogP contribution in [0.2, 0.25) is 0 Å². The van der Waals surface area contributed by atoms with Gasteiger partial charge in [0.2, 0.25) is 5.95 Å². The van der Waals surface area contributed by atoms with Gasteiger partial charge in [0.1, 0.15) is 11.5 Å². The first-order valence-corrected chi connectivity index (χ1v) is 7.62. The van der Waals surface area contributed by atoms with E-state index >= 15 is 0 Å². The molecule has 0 amide bonds. The van der Waals surface area contributed by atoms with Gasteiger partial charge in [-0.05, 0) is 30.4 Å². The minimum absolute atomic E-state index is 0.206. The number of ether oxygens (including phenoxy) is 2. The number of nitrogens with zero attached hydrogens (tertiary/aromatic N) is 2. The maximum atomic E-state index is 8.26. The van der Waals surface area contributed by atoms with Crippen LogP contribution in [0, 0.1) is 5.41 Å². The normalized spacial score (nSPS) is 15.6. The highest BCUT2D eigenvalue weighted by Crippen LogP contribution is 2.29. The smallest absolute Gasteiger partial charge is 0.220 e. The minimum Gasteiger partial charge on any atom is -0.497 e. The summed E-state index contributed by atoms with van der Waals surface area (Å²) in [5, 5.41) is 8.26. The van der Waals surface area contributed by atoms with E-state index in [-0.39, 0.29) is 5.95 Å². The third-order valence-corrected chi connectivity index (χ3v) is 3.77. The number of hydrogen-bond donors (Lipinski definition) is 2. The van der Waals surface area contributed by atoms with Gasteiger partial charge in [-0.2, -0.15) is 0 Å². The van der Waals surface area contributed by atoms with Crippen molar-refractivity contribution in [3.63, 3.8) is 0 Å².